The molecule has 0 saturated carbocycles. The fraction of sp³-hybridized carbons (Fsp3) is 0.538. The number of sulfonamides is 1. The highest BCUT2D eigenvalue weighted by molar-refractivity contribution is 7.89. The first-order chi connectivity index (χ1) is 9.90. The van der Waals surface area contributed by atoms with Crippen LogP contribution in [0.25, 0.3) is 0 Å². The summed E-state index contributed by atoms with van der Waals surface area (Å²) < 4.78 is 50.4. The number of halogens is 1. The van der Waals surface area contributed by atoms with Gasteiger partial charge in [0.25, 0.3) is 0 Å². The number of methoxy groups -OCH3 is 2. The molecule has 2 N–H and O–H groups in total. The van der Waals surface area contributed by atoms with Crippen molar-refractivity contribution in [2.45, 2.75) is 23.8 Å². The SMILES string of the molecule is COc1cc(F)c(S(=O)(=O)N2CCC[C@@H](N)C2)cc1OC. The van der Waals surface area contributed by atoms with Crippen LogP contribution in [0, 0.1) is 5.82 Å². The number of nitrogens with zero attached hydrogens (tertiary/aromatic N) is 1. The van der Waals surface area contributed by atoms with Crippen LogP contribution in [-0.4, -0.2) is 46.1 Å². The van der Waals surface area contributed by atoms with Crippen LogP contribution in [-0.2, 0) is 10.0 Å². The summed E-state index contributed by atoms with van der Waals surface area (Å²) in [6.45, 7) is 0.528. The normalized spacial score (nSPS) is 20.3. The van der Waals surface area contributed by atoms with Crippen molar-refractivity contribution >= 4 is 10.0 Å². The molecule has 0 spiro atoms. The average Bonchev–Trinajstić information content (AvgIpc) is 2.46. The first-order valence-electron chi connectivity index (χ1n) is 6.57. The van der Waals surface area contributed by atoms with Crippen LogP contribution in [0.15, 0.2) is 17.0 Å². The molecule has 0 aliphatic carbocycles. The minimum Gasteiger partial charge on any atom is -0.493 e. The van der Waals surface area contributed by atoms with Crippen molar-refractivity contribution in [3.05, 3.63) is 17.9 Å². The molecule has 1 atom stereocenters. The summed E-state index contributed by atoms with van der Waals surface area (Å²) >= 11 is 0. The van der Waals surface area contributed by atoms with E-state index < -0.39 is 20.7 Å². The second-order valence-corrected chi connectivity index (χ2v) is 6.81. The Balaban J connectivity index is 2.44. The fourth-order valence-corrected chi connectivity index (χ4v) is 3.96. The number of piperidine rings is 1. The maximum Gasteiger partial charge on any atom is 0.246 e. The van der Waals surface area contributed by atoms with Gasteiger partial charge in [-0.05, 0) is 12.8 Å². The topological polar surface area (TPSA) is 81.9 Å². The summed E-state index contributed by atoms with van der Waals surface area (Å²) in [4.78, 5) is -0.422. The monoisotopic (exact) mass is 318 g/mol. The lowest BCUT2D eigenvalue weighted by molar-refractivity contribution is 0.314. The number of nitrogens with two attached hydrogens (primary N) is 1. The summed E-state index contributed by atoms with van der Waals surface area (Å²) in [6, 6.07) is 1.93. The van der Waals surface area contributed by atoms with E-state index in [1.54, 1.807) is 0 Å². The van der Waals surface area contributed by atoms with Crippen LogP contribution in [0.5, 0.6) is 11.5 Å². The van der Waals surface area contributed by atoms with Gasteiger partial charge >= 0.3 is 0 Å². The van der Waals surface area contributed by atoms with Crippen molar-refractivity contribution < 1.29 is 22.3 Å². The summed E-state index contributed by atoms with van der Waals surface area (Å²) in [7, 11) is -1.22. The molecular weight excluding hydrogens is 299 g/mol. The second kappa shape index (κ2) is 6.17. The molecule has 1 heterocycles. The van der Waals surface area contributed by atoms with Gasteiger partial charge in [-0.3, -0.25) is 0 Å². The minimum atomic E-state index is -3.94. The van der Waals surface area contributed by atoms with Gasteiger partial charge in [0.15, 0.2) is 11.5 Å². The quantitative estimate of drug-likeness (QED) is 0.894. The summed E-state index contributed by atoms with van der Waals surface area (Å²) in [5.41, 5.74) is 5.80. The van der Waals surface area contributed by atoms with Gasteiger partial charge in [0, 0.05) is 31.3 Å². The Morgan fingerprint density at radius 3 is 2.48 bits per heavy atom. The largest absolute Gasteiger partial charge is 0.493 e. The third kappa shape index (κ3) is 3.12. The van der Waals surface area contributed by atoms with Crippen LogP contribution >= 0.6 is 0 Å². The first-order valence-corrected chi connectivity index (χ1v) is 8.01. The number of rotatable bonds is 4. The smallest absolute Gasteiger partial charge is 0.246 e. The predicted octanol–water partition coefficient (Wildman–Crippen LogP) is 0.955. The van der Waals surface area contributed by atoms with Crippen LogP contribution in [0.1, 0.15) is 12.8 Å². The van der Waals surface area contributed by atoms with Gasteiger partial charge in [0.1, 0.15) is 10.7 Å². The van der Waals surface area contributed by atoms with Gasteiger partial charge in [-0.2, -0.15) is 4.31 Å². The van der Waals surface area contributed by atoms with Crippen molar-refractivity contribution in [1.29, 1.82) is 0 Å². The molecule has 0 amide bonds. The van der Waals surface area contributed by atoms with Crippen LogP contribution < -0.4 is 15.2 Å². The molecule has 8 heteroatoms. The highest BCUT2D eigenvalue weighted by atomic mass is 32.2. The van der Waals surface area contributed by atoms with Crippen molar-refractivity contribution in [2.75, 3.05) is 27.3 Å². The maximum atomic E-state index is 14.1. The Labute approximate surface area is 123 Å². The van der Waals surface area contributed by atoms with Crippen LogP contribution in [0.2, 0.25) is 0 Å². The van der Waals surface area contributed by atoms with E-state index in [9.17, 15) is 12.8 Å². The Morgan fingerprint density at radius 1 is 1.29 bits per heavy atom. The molecule has 1 aromatic rings. The number of hydrogen-bond donors (Lipinski definition) is 1. The molecule has 0 radical (unpaired) electrons. The Bertz CT molecular complexity index is 621. The number of benzene rings is 1. The first kappa shape index (κ1) is 16.0. The Morgan fingerprint density at radius 2 is 1.90 bits per heavy atom. The number of hydrogen-bond acceptors (Lipinski definition) is 5. The van der Waals surface area contributed by atoms with Crippen molar-refractivity contribution in [3.8, 4) is 11.5 Å². The minimum absolute atomic E-state index is 0.143. The lowest BCUT2D eigenvalue weighted by Crippen LogP contribution is -2.45. The van der Waals surface area contributed by atoms with Crippen molar-refractivity contribution in [2.24, 2.45) is 5.73 Å². The van der Waals surface area contributed by atoms with Gasteiger partial charge in [-0.1, -0.05) is 0 Å². The summed E-state index contributed by atoms with van der Waals surface area (Å²) in [5, 5.41) is 0. The maximum absolute atomic E-state index is 14.1. The zero-order valence-corrected chi connectivity index (χ0v) is 12.8. The van der Waals surface area contributed by atoms with E-state index in [0.29, 0.717) is 13.0 Å². The third-order valence-corrected chi connectivity index (χ3v) is 5.36. The molecule has 1 aromatic carbocycles. The predicted molar refractivity (Wildman–Crippen MR) is 75.5 cm³/mol. The van der Waals surface area contributed by atoms with Crippen molar-refractivity contribution in [3.63, 3.8) is 0 Å². The van der Waals surface area contributed by atoms with Gasteiger partial charge in [0.05, 0.1) is 14.2 Å². The highest BCUT2D eigenvalue weighted by Crippen LogP contribution is 2.33. The van der Waals surface area contributed by atoms with E-state index in [-0.39, 0.29) is 24.1 Å². The van der Waals surface area contributed by atoms with E-state index in [0.717, 1.165) is 18.6 Å². The zero-order valence-electron chi connectivity index (χ0n) is 12.0. The molecule has 2 rings (SSSR count). The lowest BCUT2D eigenvalue weighted by Gasteiger charge is -2.30. The van der Waals surface area contributed by atoms with E-state index in [1.165, 1.54) is 18.5 Å². The average molecular weight is 318 g/mol. The Hall–Kier alpha value is -1.38. The van der Waals surface area contributed by atoms with E-state index in [1.807, 2.05) is 0 Å². The van der Waals surface area contributed by atoms with Gasteiger partial charge in [0.2, 0.25) is 10.0 Å². The number of ether oxygens (including phenoxy) is 2. The summed E-state index contributed by atoms with van der Waals surface area (Å²) in [6.07, 6.45) is 1.43. The molecule has 1 aliphatic rings. The molecule has 21 heavy (non-hydrogen) atoms. The molecule has 0 aromatic heterocycles. The molecule has 1 aliphatic heterocycles. The van der Waals surface area contributed by atoms with Gasteiger partial charge in [-0.25, -0.2) is 12.8 Å². The lowest BCUT2D eigenvalue weighted by atomic mass is 10.1. The molecule has 6 nitrogen and oxygen atoms in total. The van der Waals surface area contributed by atoms with Crippen molar-refractivity contribution in [1.82, 2.24) is 4.31 Å². The third-order valence-electron chi connectivity index (χ3n) is 3.48. The molecule has 0 unspecified atom stereocenters. The van der Waals surface area contributed by atoms with E-state index >= 15 is 0 Å². The molecule has 1 saturated heterocycles. The molecule has 1 fully saturated rings. The van der Waals surface area contributed by atoms with E-state index in [2.05, 4.69) is 0 Å². The van der Waals surface area contributed by atoms with Crippen LogP contribution in [0.4, 0.5) is 4.39 Å². The second-order valence-electron chi connectivity index (χ2n) is 4.90. The highest BCUT2D eigenvalue weighted by Gasteiger charge is 2.32. The standard InChI is InChI=1S/C13H19FN2O4S/c1-19-11-6-10(14)13(7-12(11)20-2)21(17,18)16-5-3-4-9(15)8-16/h6-7,9H,3-5,8,15H2,1-2H3/t9-/m1/s1. The van der Waals surface area contributed by atoms with Gasteiger partial charge in [-0.15, -0.1) is 0 Å². The fourth-order valence-electron chi connectivity index (χ4n) is 2.36. The molecule has 118 valence electrons. The molecular formula is C13H19FN2O4S. The molecule has 0 bridgehead atoms. The Kier molecular flexibility index (Phi) is 4.70. The zero-order chi connectivity index (χ0) is 15.6. The summed E-state index contributed by atoms with van der Waals surface area (Å²) in [5.74, 6) is -0.560. The van der Waals surface area contributed by atoms with Crippen LogP contribution in [0.3, 0.4) is 0 Å². The van der Waals surface area contributed by atoms with E-state index in [4.69, 9.17) is 15.2 Å². The van der Waals surface area contributed by atoms with Gasteiger partial charge < -0.3 is 15.2 Å².